The molecule has 212 valence electrons. The maximum absolute atomic E-state index is 14.2. The summed E-state index contributed by atoms with van der Waals surface area (Å²) in [6.45, 7) is 7.66. The first kappa shape index (κ1) is 31.8. The van der Waals surface area contributed by atoms with Gasteiger partial charge in [-0.1, -0.05) is 25.4 Å². The number of aromatic nitrogens is 3. The Kier molecular flexibility index (Phi) is 14.1. The lowest BCUT2D eigenvalue weighted by Crippen LogP contribution is -2.34. The van der Waals surface area contributed by atoms with Gasteiger partial charge in [-0.2, -0.15) is 5.10 Å². The third kappa shape index (κ3) is 11.1. The Morgan fingerprint density at radius 1 is 1.13 bits per heavy atom. The first-order valence-electron chi connectivity index (χ1n) is 12.9. The van der Waals surface area contributed by atoms with E-state index in [9.17, 15) is 14.0 Å². The molecule has 10 nitrogen and oxygen atoms in total. The molecule has 0 spiro atoms. The number of aromatic amines is 1. The van der Waals surface area contributed by atoms with Crippen LogP contribution in [0.3, 0.4) is 0 Å². The molecule has 3 rings (SSSR count). The lowest BCUT2D eigenvalue weighted by molar-refractivity contribution is -0.116. The Labute approximate surface area is 233 Å². The van der Waals surface area contributed by atoms with Crippen molar-refractivity contribution in [2.24, 2.45) is 0 Å². The van der Waals surface area contributed by atoms with Gasteiger partial charge in [0.2, 0.25) is 5.91 Å². The van der Waals surface area contributed by atoms with Crippen LogP contribution >= 0.6 is 11.6 Å². The van der Waals surface area contributed by atoms with Gasteiger partial charge in [-0.05, 0) is 56.8 Å². The number of aliphatic hydroxyl groups is 1. The van der Waals surface area contributed by atoms with E-state index in [1.54, 1.807) is 12.1 Å². The fourth-order valence-corrected chi connectivity index (χ4v) is 3.62. The van der Waals surface area contributed by atoms with Crippen LogP contribution in [0.15, 0.2) is 47.4 Å². The molecule has 0 aliphatic carbocycles. The van der Waals surface area contributed by atoms with Gasteiger partial charge < -0.3 is 26.0 Å². The highest BCUT2D eigenvalue weighted by Crippen LogP contribution is 2.26. The quantitative estimate of drug-likeness (QED) is 0.211. The molecular weight excluding hydrogens is 525 g/mol. The van der Waals surface area contributed by atoms with Crippen LogP contribution in [0.1, 0.15) is 33.1 Å². The van der Waals surface area contributed by atoms with E-state index < -0.39 is 11.4 Å². The SMILES string of the molecule is CCCN(CCNC)CCC(=O)Nc1cc(Nc2cc(-c3cc(Cl)ccc3F)n[nH]c2=O)ccn1.CCCO. The average molecular weight is 562 g/mol. The minimum absolute atomic E-state index is 0.151. The summed E-state index contributed by atoms with van der Waals surface area (Å²) in [5.41, 5.74) is 0.552. The predicted molar refractivity (Wildman–Crippen MR) is 154 cm³/mol. The molecule has 0 atom stereocenters. The zero-order valence-corrected chi connectivity index (χ0v) is 23.3. The molecule has 1 aromatic carbocycles. The minimum Gasteiger partial charge on any atom is -0.396 e. The minimum atomic E-state index is -0.516. The molecule has 1 amide bonds. The van der Waals surface area contributed by atoms with Crippen molar-refractivity contribution < 1.29 is 14.3 Å². The van der Waals surface area contributed by atoms with Crippen molar-refractivity contribution in [3.05, 3.63) is 63.8 Å². The van der Waals surface area contributed by atoms with Crippen molar-refractivity contribution in [3.63, 3.8) is 0 Å². The predicted octanol–water partition coefficient (Wildman–Crippen LogP) is 4.02. The molecule has 39 heavy (non-hydrogen) atoms. The first-order valence-corrected chi connectivity index (χ1v) is 13.2. The molecular formula is C27H37ClFN7O3. The summed E-state index contributed by atoms with van der Waals surface area (Å²) in [5, 5.41) is 23.4. The van der Waals surface area contributed by atoms with Gasteiger partial charge in [0.25, 0.3) is 5.56 Å². The molecule has 5 N–H and O–H groups in total. The van der Waals surface area contributed by atoms with E-state index in [1.807, 2.05) is 14.0 Å². The van der Waals surface area contributed by atoms with Crippen LogP contribution in [0.4, 0.5) is 21.6 Å². The highest BCUT2D eigenvalue weighted by atomic mass is 35.5. The molecule has 0 saturated carbocycles. The fraction of sp³-hybridized carbons (Fsp3) is 0.407. The van der Waals surface area contributed by atoms with Crippen LogP contribution in [0.25, 0.3) is 11.3 Å². The summed E-state index contributed by atoms with van der Waals surface area (Å²) >= 11 is 5.98. The lowest BCUT2D eigenvalue weighted by atomic mass is 10.1. The van der Waals surface area contributed by atoms with Crippen LogP contribution < -0.4 is 21.5 Å². The number of halogens is 2. The monoisotopic (exact) mass is 561 g/mol. The molecule has 2 heterocycles. The van der Waals surface area contributed by atoms with Crippen LogP contribution in [0.5, 0.6) is 0 Å². The number of aliphatic hydroxyl groups excluding tert-OH is 1. The number of rotatable bonds is 13. The molecule has 0 bridgehead atoms. The summed E-state index contributed by atoms with van der Waals surface area (Å²) in [7, 11) is 1.90. The summed E-state index contributed by atoms with van der Waals surface area (Å²) in [6, 6.07) is 8.79. The van der Waals surface area contributed by atoms with E-state index in [1.165, 1.54) is 30.5 Å². The number of amides is 1. The third-order valence-electron chi connectivity index (χ3n) is 5.41. The highest BCUT2D eigenvalue weighted by molar-refractivity contribution is 6.30. The zero-order valence-electron chi connectivity index (χ0n) is 22.6. The highest BCUT2D eigenvalue weighted by Gasteiger charge is 2.12. The number of H-pyrrole nitrogens is 1. The van der Waals surface area contributed by atoms with E-state index >= 15 is 0 Å². The largest absolute Gasteiger partial charge is 0.396 e. The number of anilines is 3. The molecule has 3 aromatic rings. The Bertz CT molecular complexity index is 1240. The normalized spacial score (nSPS) is 10.6. The van der Waals surface area contributed by atoms with Crippen molar-refractivity contribution in [3.8, 4) is 11.3 Å². The van der Waals surface area contributed by atoms with Crippen LogP contribution in [0.2, 0.25) is 5.02 Å². The zero-order chi connectivity index (χ0) is 28.6. The Morgan fingerprint density at radius 3 is 2.59 bits per heavy atom. The molecule has 0 saturated heterocycles. The average Bonchev–Trinajstić information content (AvgIpc) is 2.93. The van der Waals surface area contributed by atoms with E-state index in [2.05, 4.69) is 43.0 Å². The maximum atomic E-state index is 14.2. The Hall–Kier alpha value is -3.38. The van der Waals surface area contributed by atoms with Gasteiger partial charge in [-0.25, -0.2) is 14.5 Å². The number of pyridine rings is 1. The second-order valence-corrected chi connectivity index (χ2v) is 9.08. The Morgan fingerprint density at radius 2 is 1.90 bits per heavy atom. The fourth-order valence-electron chi connectivity index (χ4n) is 3.45. The van der Waals surface area contributed by atoms with E-state index in [4.69, 9.17) is 16.7 Å². The standard InChI is InChI=1S/C24H29ClFN7O2.C3H8O/c1-3-10-33(12-9-27-2)11-7-23(34)30-22-14-17(6-8-28-22)29-21-15-20(31-32-24(21)35)18-13-16(25)4-5-19(18)26;1-2-3-4/h4-6,8,13-15,27H,3,7,9-12H2,1-2H3,(H,32,35)(H2,28,29,30,31,34);4H,2-3H2,1H3. The number of hydrogen-bond acceptors (Lipinski definition) is 8. The van der Waals surface area contributed by atoms with Gasteiger partial charge in [-0.15, -0.1) is 0 Å². The van der Waals surface area contributed by atoms with Crippen molar-refractivity contribution in [1.82, 2.24) is 25.4 Å². The molecule has 0 aliphatic rings. The van der Waals surface area contributed by atoms with Gasteiger partial charge in [0.15, 0.2) is 0 Å². The van der Waals surface area contributed by atoms with Crippen molar-refractivity contribution in [2.75, 3.05) is 50.5 Å². The van der Waals surface area contributed by atoms with Crippen LogP contribution in [0, 0.1) is 5.82 Å². The first-order chi connectivity index (χ1) is 18.8. The Balaban J connectivity index is 0.00000124. The number of hydrogen-bond donors (Lipinski definition) is 5. The number of benzene rings is 1. The molecule has 12 heteroatoms. The summed E-state index contributed by atoms with van der Waals surface area (Å²) < 4.78 is 14.2. The number of carbonyl (C=O) groups is 1. The summed E-state index contributed by atoms with van der Waals surface area (Å²) in [4.78, 5) is 31.2. The van der Waals surface area contributed by atoms with E-state index in [-0.39, 0.29) is 22.9 Å². The van der Waals surface area contributed by atoms with E-state index in [0.29, 0.717) is 36.1 Å². The molecule has 0 unspecified atom stereocenters. The second kappa shape index (κ2) is 17.3. The topological polar surface area (TPSA) is 135 Å². The van der Waals surface area contributed by atoms with Gasteiger partial charge in [0.1, 0.15) is 17.3 Å². The van der Waals surface area contributed by atoms with Gasteiger partial charge in [-0.3, -0.25) is 9.59 Å². The van der Waals surface area contributed by atoms with Gasteiger partial charge >= 0.3 is 0 Å². The second-order valence-electron chi connectivity index (χ2n) is 8.64. The lowest BCUT2D eigenvalue weighted by Gasteiger charge is -2.21. The molecule has 0 fully saturated rings. The van der Waals surface area contributed by atoms with Crippen molar-refractivity contribution in [1.29, 1.82) is 0 Å². The summed E-state index contributed by atoms with van der Waals surface area (Å²) in [5.74, 6) is -0.318. The van der Waals surface area contributed by atoms with Gasteiger partial charge in [0, 0.05) is 61.2 Å². The number of nitrogens with zero attached hydrogens (tertiary/aromatic N) is 3. The maximum Gasteiger partial charge on any atom is 0.287 e. The smallest absolute Gasteiger partial charge is 0.287 e. The molecule has 2 aromatic heterocycles. The number of carbonyl (C=O) groups excluding carboxylic acids is 1. The summed E-state index contributed by atoms with van der Waals surface area (Å²) in [6.07, 6.45) is 3.74. The van der Waals surface area contributed by atoms with Crippen molar-refractivity contribution >= 4 is 34.7 Å². The third-order valence-corrected chi connectivity index (χ3v) is 5.65. The molecule has 0 aliphatic heterocycles. The van der Waals surface area contributed by atoms with E-state index in [0.717, 1.165) is 32.5 Å². The number of nitrogens with one attached hydrogen (secondary N) is 4. The molecule has 0 radical (unpaired) electrons. The van der Waals surface area contributed by atoms with Crippen molar-refractivity contribution in [2.45, 2.75) is 33.1 Å². The number of likely N-dealkylation sites (N-methyl/N-ethyl adjacent to an activating group) is 1. The van der Waals surface area contributed by atoms with Crippen LogP contribution in [-0.4, -0.2) is 70.9 Å². The van der Waals surface area contributed by atoms with Gasteiger partial charge in [0.05, 0.1) is 5.69 Å². The van der Waals surface area contributed by atoms with Crippen LogP contribution in [-0.2, 0) is 4.79 Å².